The summed E-state index contributed by atoms with van der Waals surface area (Å²) >= 11 is 0. The third kappa shape index (κ3) is 4.13. The molecule has 6 heteroatoms. The molecular formula is C22H32N2O4. The van der Waals surface area contributed by atoms with Crippen LogP contribution in [0.5, 0.6) is 11.5 Å². The number of rotatable bonds is 5. The van der Waals surface area contributed by atoms with E-state index in [4.69, 9.17) is 14.2 Å². The zero-order valence-corrected chi connectivity index (χ0v) is 17.1. The summed E-state index contributed by atoms with van der Waals surface area (Å²) in [5.74, 6) is 1.34. The molecule has 3 saturated heterocycles. The van der Waals surface area contributed by atoms with Gasteiger partial charge in [-0.1, -0.05) is 0 Å². The van der Waals surface area contributed by atoms with Gasteiger partial charge in [-0.25, -0.2) is 0 Å². The van der Waals surface area contributed by atoms with Gasteiger partial charge in [0.25, 0.3) is 5.91 Å². The van der Waals surface area contributed by atoms with Gasteiger partial charge < -0.3 is 24.0 Å². The van der Waals surface area contributed by atoms with Gasteiger partial charge in [0, 0.05) is 31.3 Å². The molecule has 0 radical (unpaired) electrons. The highest BCUT2D eigenvalue weighted by molar-refractivity contribution is 5.95. The molecule has 0 aliphatic carbocycles. The highest BCUT2D eigenvalue weighted by Crippen LogP contribution is 2.42. The molecule has 3 aliphatic heterocycles. The van der Waals surface area contributed by atoms with E-state index in [9.17, 15) is 4.79 Å². The lowest BCUT2D eigenvalue weighted by Crippen LogP contribution is -2.43. The minimum atomic E-state index is 0.0552. The molecule has 1 aromatic rings. The molecule has 1 aromatic carbocycles. The zero-order chi connectivity index (χ0) is 19.6. The second-order valence-electron chi connectivity index (χ2n) is 8.54. The van der Waals surface area contributed by atoms with E-state index >= 15 is 0 Å². The molecule has 3 fully saturated rings. The molecule has 0 aromatic heterocycles. The normalized spacial score (nSPS) is 24.6. The summed E-state index contributed by atoms with van der Waals surface area (Å²) in [5, 5.41) is 0. The van der Waals surface area contributed by atoms with E-state index in [2.05, 4.69) is 4.90 Å². The van der Waals surface area contributed by atoms with E-state index < -0.39 is 0 Å². The lowest BCUT2D eigenvalue weighted by atomic mass is 9.76. The van der Waals surface area contributed by atoms with Gasteiger partial charge in [0.2, 0.25) is 0 Å². The predicted octanol–water partition coefficient (Wildman–Crippen LogP) is 2.81. The maximum atomic E-state index is 13.0. The van der Waals surface area contributed by atoms with Gasteiger partial charge in [-0.15, -0.1) is 0 Å². The summed E-state index contributed by atoms with van der Waals surface area (Å²) in [5.41, 5.74) is 0.884. The summed E-state index contributed by atoms with van der Waals surface area (Å²) in [7, 11) is 3.21. The molecule has 0 bridgehead atoms. The second-order valence-corrected chi connectivity index (χ2v) is 8.54. The van der Waals surface area contributed by atoms with Gasteiger partial charge in [0.15, 0.2) is 0 Å². The minimum absolute atomic E-state index is 0.0552. The molecule has 28 heavy (non-hydrogen) atoms. The number of hydrogen-bond donors (Lipinski definition) is 0. The van der Waals surface area contributed by atoms with Gasteiger partial charge in [0.05, 0.1) is 26.9 Å². The van der Waals surface area contributed by atoms with Crippen LogP contribution < -0.4 is 9.47 Å². The van der Waals surface area contributed by atoms with Crippen LogP contribution >= 0.6 is 0 Å². The van der Waals surface area contributed by atoms with E-state index in [0.29, 0.717) is 23.2 Å². The van der Waals surface area contributed by atoms with Crippen molar-refractivity contribution in [1.29, 1.82) is 0 Å². The van der Waals surface area contributed by atoms with Gasteiger partial charge in [-0.05, 0) is 62.7 Å². The number of benzene rings is 1. The van der Waals surface area contributed by atoms with E-state index in [0.717, 1.165) is 45.5 Å². The summed E-state index contributed by atoms with van der Waals surface area (Å²) in [4.78, 5) is 17.5. The molecule has 1 atom stereocenters. The summed E-state index contributed by atoms with van der Waals surface area (Å²) in [6.07, 6.45) is 6.20. The average Bonchev–Trinajstić information content (AvgIpc) is 3.38. The first-order valence-electron chi connectivity index (χ1n) is 10.5. The molecule has 4 rings (SSSR count). The fourth-order valence-corrected chi connectivity index (χ4v) is 4.91. The van der Waals surface area contributed by atoms with Crippen LogP contribution in [0.2, 0.25) is 0 Å². The Balaban J connectivity index is 1.34. The van der Waals surface area contributed by atoms with Crippen LogP contribution in [0.15, 0.2) is 18.2 Å². The van der Waals surface area contributed by atoms with E-state index in [1.54, 1.807) is 32.4 Å². The smallest absolute Gasteiger partial charge is 0.254 e. The molecule has 154 valence electrons. The Morgan fingerprint density at radius 2 is 1.71 bits per heavy atom. The number of carbonyl (C=O) groups excluding carboxylic acids is 1. The van der Waals surface area contributed by atoms with Crippen LogP contribution in [-0.4, -0.2) is 75.4 Å². The quantitative estimate of drug-likeness (QED) is 0.776. The third-order valence-corrected chi connectivity index (χ3v) is 6.66. The van der Waals surface area contributed by atoms with Gasteiger partial charge in [-0.2, -0.15) is 0 Å². The molecule has 3 aliphatic rings. The molecule has 6 nitrogen and oxygen atoms in total. The first-order valence-corrected chi connectivity index (χ1v) is 10.5. The third-order valence-electron chi connectivity index (χ3n) is 6.66. The average molecular weight is 389 g/mol. The number of likely N-dealkylation sites (tertiary alicyclic amines) is 2. The number of hydrogen-bond acceptors (Lipinski definition) is 5. The Kier molecular flexibility index (Phi) is 5.78. The standard InChI is InChI=1S/C22H32N2O4/c1-26-18-11-17(12-19(13-18)27-2)21(25)24-9-5-22(6-10-24)14-20(28-16-22)15-23-7-3-4-8-23/h11-13,20H,3-10,14-16H2,1-2H3/t20-/m0/s1. The second kappa shape index (κ2) is 8.29. The Hall–Kier alpha value is -1.79. The lowest BCUT2D eigenvalue weighted by molar-refractivity contribution is 0.0459. The van der Waals surface area contributed by atoms with Crippen molar-refractivity contribution in [2.45, 2.75) is 38.2 Å². The molecule has 0 unspecified atom stereocenters. The Bertz CT molecular complexity index is 672. The Morgan fingerprint density at radius 1 is 1.07 bits per heavy atom. The van der Waals surface area contributed by atoms with Crippen LogP contribution in [0.25, 0.3) is 0 Å². The molecular weight excluding hydrogens is 356 g/mol. The van der Waals surface area contributed by atoms with Crippen molar-refractivity contribution in [2.24, 2.45) is 5.41 Å². The fourth-order valence-electron chi connectivity index (χ4n) is 4.91. The summed E-state index contributed by atoms with van der Waals surface area (Å²) in [6, 6.07) is 5.37. The van der Waals surface area contributed by atoms with Crippen LogP contribution in [0.4, 0.5) is 0 Å². The zero-order valence-electron chi connectivity index (χ0n) is 17.1. The van der Waals surface area contributed by atoms with Gasteiger partial charge >= 0.3 is 0 Å². The lowest BCUT2D eigenvalue weighted by Gasteiger charge is -2.38. The first-order chi connectivity index (χ1) is 13.6. The highest BCUT2D eigenvalue weighted by Gasteiger charge is 2.43. The SMILES string of the molecule is COc1cc(OC)cc(C(=O)N2CCC3(CC2)CO[C@H](CN2CCCC2)C3)c1. The number of ether oxygens (including phenoxy) is 3. The Morgan fingerprint density at radius 3 is 2.32 bits per heavy atom. The maximum Gasteiger partial charge on any atom is 0.254 e. The van der Waals surface area contributed by atoms with Crippen LogP contribution in [0.3, 0.4) is 0 Å². The molecule has 1 spiro atoms. The van der Waals surface area contributed by atoms with Crippen molar-refractivity contribution in [2.75, 3.05) is 53.6 Å². The predicted molar refractivity (Wildman–Crippen MR) is 107 cm³/mol. The van der Waals surface area contributed by atoms with Crippen molar-refractivity contribution in [3.63, 3.8) is 0 Å². The topological polar surface area (TPSA) is 51.2 Å². The number of piperidine rings is 1. The summed E-state index contributed by atoms with van der Waals surface area (Å²) < 4.78 is 16.8. The number of carbonyl (C=O) groups is 1. The van der Waals surface area contributed by atoms with Crippen LogP contribution in [-0.2, 0) is 4.74 Å². The van der Waals surface area contributed by atoms with Crippen molar-refractivity contribution < 1.29 is 19.0 Å². The van der Waals surface area contributed by atoms with Crippen molar-refractivity contribution in [3.05, 3.63) is 23.8 Å². The number of amides is 1. The molecule has 1 amide bonds. The first kappa shape index (κ1) is 19.5. The largest absolute Gasteiger partial charge is 0.497 e. The van der Waals surface area contributed by atoms with Crippen molar-refractivity contribution in [3.8, 4) is 11.5 Å². The van der Waals surface area contributed by atoms with E-state index in [1.165, 1.54) is 25.9 Å². The highest BCUT2D eigenvalue weighted by atomic mass is 16.5. The number of nitrogens with zero attached hydrogens (tertiary/aromatic N) is 2. The van der Waals surface area contributed by atoms with Crippen LogP contribution in [0.1, 0.15) is 42.5 Å². The molecule has 0 N–H and O–H groups in total. The Labute approximate surface area is 167 Å². The van der Waals surface area contributed by atoms with E-state index in [1.807, 2.05) is 4.90 Å². The molecule has 3 heterocycles. The maximum absolute atomic E-state index is 13.0. The molecule has 0 saturated carbocycles. The monoisotopic (exact) mass is 388 g/mol. The van der Waals surface area contributed by atoms with Crippen LogP contribution in [0, 0.1) is 5.41 Å². The summed E-state index contributed by atoms with van der Waals surface area (Å²) in [6.45, 7) is 5.95. The number of methoxy groups -OCH3 is 2. The van der Waals surface area contributed by atoms with E-state index in [-0.39, 0.29) is 11.3 Å². The van der Waals surface area contributed by atoms with Crippen molar-refractivity contribution >= 4 is 5.91 Å². The minimum Gasteiger partial charge on any atom is -0.497 e. The fraction of sp³-hybridized carbons (Fsp3) is 0.682. The van der Waals surface area contributed by atoms with Crippen molar-refractivity contribution in [1.82, 2.24) is 9.80 Å². The van der Waals surface area contributed by atoms with Gasteiger partial charge in [0.1, 0.15) is 11.5 Å². The van der Waals surface area contributed by atoms with Gasteiger partial charge in [-0.3, -0.25) is 4.79 Å².